The predicted octanol–water partition coefficient (Wildman–Crippen LogP) is 3.76. The van der Waals surface area contributed by atoms with E-state index in [-0.39, 0.29) is 5.91 Å². The van der Waals surface area contributed by atoms with Gasteiger partial charge in [-0.05, 0) is 30.4 Å². The Morgan fingerprint density at radius 1 is 0.778 bits per heavy atom. The first kappa shape index (κ1) is 23.7. The van der Waals surface area contributed by atoms with Gasteiger partial charge in [-0.15, -0.1) is 0 Å². The van der Waals surface area contributed by atoms with Gasteiger partial charge in [-0.2, -0.15) is 0 Å². The number of rotatable bonds is 2. The van der Waals surface area contributed by atoms with Gasteiger partial charge in [0, 0.05) is 13.0 Å². The predicted molar refractivity (Wildman–Crippen MR) is 104 cm³/mol. The summed E-state index contributed by atoms with van der Waals surface area (Å²) >= 11 is 0. The number of hydrogen-bond acceptors (Lipinski definition) is 5. The number of isocyanates is 2. The van der Waals surface area contributed by atoms with Gasteiger partial charge in [0.15, 0.2) is 0 Å². The SMILES string of the molecule is N=C=O.N=C=O.O=C1CCCCCN1.c1ccc(Cc2ccccc2)cc1. The molecule has 142 valence electrons. The molecule has 0 saturated carbocycles. The van der Waals surface area contributed by atoms with Gasteiger partial charge < -0.3 is 5.32 Å². The van der Waals surface area contributed by atoms with E-state index in [9.17, 15) is 4.79 Å². The van der Waals surface area contributed by atoms with Crippen LogP contribution in [0.4, 0.5) is 0 Å². The van der Waals surface area contributed by atoms with Crippen LogP contribution in [0.1, 0.15) is 36.8 Å². The second kappa shape index (κ2) is 17.5. The van der Waals surface area contributed by atoms with Gasteiger partial charge >= 0.3 is 0 Å². The summed E-state index contributed by atoms with van der Waals surface area (Å²) < 4.78 is 0. The van der Waals surface area contributed by atoms with Crippen molar-refractivity contribution in [1.82, 2.24) is 5.32 Å². The lowest BCUT2D eigenvalue weighted by Gasteiger charge is -2.00. The zero-order chi connectivity index (χ0) is 20.2. The fraction of sp³-hybridized carbons (Fsp3) is 0.286. The van der Waals surface area contributed by atoms with Gasteiger partial charge in [0.25, 0.3) is 0 Å². The summed E-state index contributed by atoms with van der Waals surface area (Å²) in [7, 11) is 0. The molecule has 1 aliphatic rings. The van der Waals surface area contributed by atoms with Crippen molar-refractivity contribution < 1.29 is 14.4 Å². The molecule has 3 N–H and O–H groups in total. The third kappa shape index (κ3) is 14.7. The highest BCUT2D eigenvalue weighted by atomic mass is 16.1. The Hall–Kier alpha value is -3.33. The van der Waals surface area contributed by atoms with Crippen LogP contribution in [0.25, 0.3) is 0 Å². The van der Waals surface area contributed by atoms with Crippen molar-refractivity contribution in [3.8, 4) is 0 Å². The lowest BCUT2D eigenvalue weighted by Crippen LogP contribution is -2.21. The third-order valence-corrected chi connectivity index (χ3v) is 3.50. The average molecular weight is 367 g/mol. The first-order chi connectivity index (χ1) is 13.2. The number of carbonyl (C=O) groups excluding carboxylic acids is 3. The molecule has 27 heavy (non-hydrogen) atoms. The number of nitrogens with one attached hydrogen (secondary N) is 3. The number of benzene rings is 2. The lowest BCUT2D eigenvalue weighted by atomic mass is 10.1. The van der Waals surface area contributed by atoms with Crippen molar-refractivity contribution in [2.24, 2.45) is 0 Å². The van der Waals surface area contributed by atoms with Gasteiger partial charge in [-0.3, -0.25) is 4.79 Å². The van der Waals surface area contributed by atoms with Crippen molar-refractivity contribution in [1.29, 1.82) is 10.8 Å². The molecular formula is C21H25N3O3. The second-order valence-electron chi connectivity index (χ2n) is 5.51. The molecule has 0 bridgehead atoms. The van der Waals surface area contributed by atoms with Crippen molar-refractivity contribution in [3.05, 3.63) is 71.8 Å². The molecule has 0 spiro atoms. The van der Waals surface area contributed by atoms with Gasteiger partial charge in [-0.1, -0.05) is 67.1 Å². The van der Waals surface area contributed by atoms with Gasteiger partial charge in [0.05, 0.1) is 0 Å². The van der Waals surface area contributed by atoms with Crippen LogP contribution in [0, 0.1) is 10.8 Å². The molecule has 2 aromatic rings. The molecule has 3 rings (SSSR count). The summed E-state index contributed by atoms with van der Waals surface area (Å²) in [6, 6.07) is 21.1. The lowest BCUT2D eigenvalue weighted by molar-refractivity contribution is -0.120. The van der Waals surface area contributed by atoms with E-state index in [0.717, 1.165) is 44.4 Å². The van der Waals surface area contributed by atoms with Crippen LogP contribution in [0.15, 0.2) is 60.7 Å². The van der Waals surface area contributed by atoms with Crippen LogP contribution in [0.5, 0.6) is 0 Å². The fourth-order valence-corrected chi connectivity index (χ4v) is 2.33. The van der Waals surface area contributed by atoms with E-state index in [0.29, 0.717) is 0 Å². The molecule has 1 fully saturated rings. The first-order valence-electron chi connectivity index (χ1n) is 8.60. The van der Waals surface area contributed by atoms with Crippen LogP contribution in [0.3, 0.4) is 0 Å². The normalized spacial score (nSPS) is 11.8. The van der Waals surface area contributed by atoms with E-state index in [4.69, 9.17) is 20.4 Å². The van der Waals surface area contributed by atoms with Crippen LogP contribution < -0.4 is 5.32 Å². The Kier molecular flexibility index (Phi) is 15.3. The Morgan fingerprint density at radius 2 is 1.22 bits per heavy atom. The molecule has 0 unspecified atom stereocenters. The third-order valence-electron chi connectivity index (χ3n) is 3.50. The van der Waals surface area contributed by atoms with E-state index < -0.39 is 0 Å². The zero-order valence-electron chi connectivity index (χ0n) is 15.2. The van der Waals surface area contributed by atoms with Crippen LogP contribution in [-0.4, -0.2) is 24.6 Å². The van der Waals surface area contributed by atoms with Crippen LogP contribution >= 0.6 is 0 Å². The Bertz CT molecular complexity index is 632. The topological polar surface area (TPSA) is 111 Å². The number of hydrogen-bond donors (Lipinski definition) is 3. The van der Waals surface area contributed by atoms with E-state index in [1.807, 2.05) is 0 Å². The maximum Gasteiger partial charge on any atom is 0.231 e. The molecule has 1 aliphatic heterocycles. The van der Waals surface area contributed by atoms with E-state index in [1.165, 1.54) is 17.5 Å². The van der Waals surface area contributed by atoms with E-state index in [2.05, 4.69) is 66.0 Å². The highest BCUT2D eigenvalue weighted by Gasteiger charge is 2.03. The first-order valence-corrected chi connectivity index (χ1v) is 8.60. The minimum Gasteiger partial charge on any atom is -0.356 e. The minimum atomic E-state index is 0.225. The second-order valence-corrected chi connectivity index (χ2v) is 5.51. The van der Waals surface area contributed by atoms with E-state index >= 15 is 0 Å². The molecule has 6 nitrogen and oxygen atoms in total. The van der Waals surface area contributed by atoms with Gasteiger partial charge in [-0.25, -0.2) is 20.4 Å². The number of amides is 1. The molecule has 1 heterocycles. The highest BCUT2D eigenvalue weighted by molar-refractivity contribution is 5.75. The van der Waals surface area contributed by atoms with Crippen molar-refractivity contribution in [2.45, 2.75) is 32.1 Å². The van der Waals surface area contributed by atoms with Crippen LogP contribution in [0.2, 0.25) is 0 Å². The van der Waals surface area contributed by atoms with Crippen molar-refractivity contribution in [2.75, 3.05) is 6.54 Å². The molecule has 0 aliphatic carbocycles. The molecule has 0 atom stereocenters. The quantitative estimate of drug-likeness (QED) is 0.555. The molecule has 2 aromatic carbocycles. The fourth-order valence-electron chi connectivity index (χ4n) is 2.33. The molecular weight excluding hydrogens is 342 g/mol. The minimum absolute atomic E-state index is 0.225. The molecule has 0 radical (unpaired) electrons. The maximum absolute atomic E-state index is 10.6. The standard InChI is InChI=1S/C13H12.C6H11NO.2CHNO/c1-3-7-12(8-4-1)11-13-9-5-2-6-10-13;8-6-4-2-1-3-5-7-6;2*2-1-3/h1-10H,11H2;1-5H2,(H,7,8);2*2H. The monoisotopic (exact) mass is 367 g/mol. The summed E-state index contributed by atoms with van der Waals surface area (Å²) in [4.78, 5) is 27.3. The highest BCUT2D eigenvalue weighted by Crippen LogP contribution is 2.07. The van der Waals surface area contributed by atoms with Crippen molar-refractivity contribution >= 4 is 18.1 Å². The molecule has 1 amide bonds. The van der Waals surface area contributed by atoms with E-state index in [1.54, 1.807) is 0 Å². The Morgan fingerprint density at radius 3 is 1.67 bits per heavy atom. The summed E-state index contributed by atoms with van der Waals surface area (Å²) in [6.07, 6.45) is 6.71. The van der Waals surface area contributed by atoms with Gasteiger partial charge in [0.2, 0.25) is 18.1 Å². The van der Waals surface area contributed by atoms with Gasteiger partial charge in [0.1, 0.15) is 0 Å². The molecule has 0 aromatic heterocycles. The Labute approximate surface area is 159 Å². The largest absolute Gasteiger partial charge is 0.356 e. The number of carbonyl (C=O) groups is 1. The summed E-state index contributed by atoms with van der Waals surface area (Å²) in [6.45, 7) is 0.888. The summed E-state index contributed by atoms with van der Waals surface area (Å²) in [5.74, 6) is 0.225. The maximum atomic E-state index is 10.6. The van der Waals surface area contributed by atoms with Crippen molar-refractivity contribution in [3.63, 3.8) is 0 Å². The zero-order valence-corrected chi connectivity index (χ0v) is 15.2. The molecule has 1 saturated heterocycles. The Balaban J connectivity index is 0.000000413. The smallest absolute Gasteiger partial charge is 0.231 e. The average Bonchev–Trinajstić information content (AvgIpc) is 2.93. The van der Waals surface area contributed by atoms with Crippen LogP contribution in [-0.2, 0) is 20.8 Å². The molecule has 6 heteroatoms. The summed E-state index contributed by atoms with van der Waals surface area (Å²) in [5.41, 5.74) is 2.74. The summed E-state index contributed by atoms with van der Waals surface area (Å²) in [5, 5.41) is 13.6.